The maximum Gasteiger partial charge on any atom is 0.293 e. The van der Waals surface area contributed by atoms with E-state index in [1.54, 1.807) is 18.2 Å². The van der Waals surface area contributed by atoms with Gasteiger partial charge in [0.05, 0.1) is 10.0 Å². The minimum Gasteiger partial charge on any atom is -0.484 e. The molecule has 0 radical (unpaired) electrons. The predicted octanol–water partition coefficient (Wildman–Crippen LogP) is 3.20. The zero-order valence-corrected chi connectivity index (χ0v) is 16.8. The van der Waals surface area contributed by atoms with Gasteiger partial charge in [0.25, 0.3) is 12.4 Å². The molecular weight excluding hydrogens is 379 g/mol. The second-order valence-electron chi connectivity index (χ2n) is 6.78. The van der Waals surface area contributed by atoms with Crippen LogP contribution in [0.3, 0.4) is 0 Å². The number of ether oxygens (including phenoxy) is 2. The molecule has 0 unspecified atom stereocenters. The predicted molar refractivity (Wildman–Crippen MR) is 103 cm³/mol. The number of rotatable bonds is 5. The first kappa shape index (κ1) is 22.5. The highest BCUT2D eigenvalue weighted by Crippen LogP contribution is 2.26. The van der Waals surface area contributed by atoms with Crippen molar-refractivity contribution in [2.75, 3.05) is 19.7 Å². The maximum absolute atomic E-state index is 11.7. The van der Waals surface area contributed by atoms with Gasteiger partial charge in [-0.2, -0.15) is 0 Å². The first-order valence-electron chi connectivity index (χ1n) is 8.40. The first-order valence-corrected chi connectivity index (χ1v) is 9.16. The second kappa shape index (κ2) is 11.3. The number of benzene rings is 1. The lowest BCUT2D eigenvalue weighted by molar-refractivity contribution is -0.138. The van der Waals surface area contributed by atoms with E-state index in [4.69, 9.17) is 27.9 Å². The third kappa shape index (κ3) is 9.85. The quantitative estimate of drug-likeness (QED) is 0.736. The van der Waals surface area contributed by atoms with Gasteiger partial charge in [0.2, 0.25) is 0 Å². The highest BCUT2D eigenvalue weighted by atomic mass is 35.5. The smallest absolute Gasteiger partial charge is 0.293 e. The van der Waals surface area contributed by atoms with Crippen LogP contribution in [0, 0.1) is 0 Å². The van der Waals surface area contributed by atoms with Crippen molar-refractivity contribution in [2.45, 2.75) is 45.3 Å². The van der Waals surface area contributed by atoms with E-state index in [0.29, 0.717) is 22.3 Å². The Bertz CT molecular complexity index is 585. The van der Waals surface area contributed by atoms with Crippen LogP contribution >= 0.6 is 23.2 Å². The van der Waals surface area contributed by atoms with Crippen molar-refractivity contribution in [3.63, 3.8) is 0 Å². The Morgan fingerprint density at radius 1 is 1.27 bits per heavy atom. The number of hydrogen-bond acceptors (Lipinski definition) is 5. The van der Waals surface area contributed by atoms with Crippen LogP contribution in [0.25, 0.3) is 0 Å². The molecule has 1 aliphatic heterocycles. The highest BCUT2D eigenvalue weighted by molar-refractivity contribution is 6.42. The number of carbonyl (C=O) groups is 2. The van der Waals surface area contributed by atoms with Crippen LogP contribution in [0.5, 0.6) is 5.75 Å². The van der Waals surface area contributed by atoms with Crippen LogP contribution in [0.4, 0.5) is 0 Å². The first-order chi connectivity index (χ1) is 12.2. The van der Waals surface area contributed by atoms with Gasteiger partial charge in [-0.3, -0.25) is 9.59 Å². The molecule has 2 N–H and O–H groups in total. The van der Waals surface area contributed by atoms with Gasteiger partial charge in [0.15, 0.2) is 6.61 Å². The van der Waals surface area contributed by atoms with E-state index >= 15 is 0 Å². The molecule has 1 aromatic rings. The van der Waals surface area contributed by atoms with E-state index in [1.165, 1.54) is 0 Å². The van der Waals surface area contributed by atoms with Gasteiger partial charge in [-0.25, -0.2) is 0 Å². The maximum atomic E-state index is 11.7. The number of amides is 1. The fraction of sp³-hybridized carbons (Fsp3) is 0.556. The highest BCUT2D eigenvalue weighted by Gasteiger charge is 2.15. The van der Waals surface area contributed by atoms with Crippen molar-refractivity contribution in [3.8, 4) is 5.75 Å². The molecule has 146 valence electrons. The van der Waals surface area contributed by atoms with Crippen molar-refractivity contribution < 1.29 is 19.1 Å². The third-order valence-corrected chi connectivity index (χ3v) is 4.11. The van der Waals surface area contributed by atoms with Crippen LogP contribution in [0.1, 0.15) is 33.6 Å². The lowest BCUT2D eigenvalue weighted by atomic mass is 10.1. The fourth-order valence-corrected chi connectivity index (χ4v) is 2.38. The van der Waals surface area contributed by atoms with Crippen molar-refractivity contribution in [2.24, 2.45) is 0 Å². The lowest BCUT2D eigenvalue weighted by Gasteiger charge is -2.23. The Balaban J connectivity index is 0.000000412. The average Bonchev–Trinajstić information content (AvgIpc) is 2.56. The number of nitrogens with one attached hydrogen (secondary N) is 2. The van der Waals surface area contributed by atoms with E-state index in [-0.39, 0.29) is 24.2 Å². The van der Waals surface area contributed by atoms with E-state index in [0.717, 1.165) is 25.9 Å². The summed E-state index contributed by atoms with van der Waals surface area (Å²) < 4.78 is 9.92. The zero-order chi connectivity index (χ0) is 19.6. The Kier molecular flexibility index (Phi) is 9.76. The number of halogens is 2. The molecule has 6 nitrogen and oxygen atoms in total. The molecule has 1 heterocycles. The molecule has 0 atom stereocenters. The summed E-state index contributed by atoms with van der Waals surface area (Å²) in [7, 11) is 0. The molecule has 2 rings (SSSR count). The summed E-state index contributed by atoms with van der Waals surface area (Å²) in [6.07, 6.45) is 1.91. The van der Waals surface area contributed by atoms with Crippen LogP contribution in [0.2, 0.25) is 10.0 Å². The second-order valence-corrected chi connectivity index (χ2v) is 7.60. The van der Waals surface area contributed by atoms with Gasteiger partial charge in [-0.05, 0) is 58.8 Å². The molecule has 0 saturated carbocycles. The van der Waals surface area contributed by atoms with Gasteiger partial charge < -0.3 is 20.1 Å². The molecule has 1 saturated heterocycles. The van der Waals surface area contributed by atoms with Crippen molar-refractivity contribution in [1.82, 2.24) is 10.6 Å². The Morgan fingerprint density at radius 2 is 1.92 bits per heavy atom. The topological polar surface area (TPSA) is 76.7 Å². The van der Waals surface area contributed by atoms with Crippen LogP contribution in [-0.4, -0.2) is 43.7 Å². The summed E-state index contributed by atoms with van der Waals surface area (Å²) >= 11 is 11.7. The summed E-state index contributed by atoms with van der Waals surface area (Å²) in [6, 6.07) is 5.17. The van der Waals surface area contributed by atoms with Gasteiger partial charge in [-0.1, -0.05) is 23.2 Å². The van der Waals surface area contributed by atoms with Crippen LogP contribution in [0.15, 0.2) is 18.2 Å². The molecule has 1 fully saturated rings. The molecular formula is C18H26Cl2N2O4. The molecule has 8 heteroatoms. The van der Waals surface area contributed by atoms with Crippen molar-refractivity contribution >= 4 is 35.6 Å². The van der Waals surface area contributed by atoms with Gasteiger partial charge >= 0.3 is 0 Å². The summed E-state index contributed by atoms with van der Waals surface area (Å²) in [4.78, 5) is 21.3. The minimum atomic E-state index is -0.318. The van der Waals surface area contributed by atoms with Crippen LogP contribution < -0.4 is 15.4 Å². The lowest BCUT2D eigenvalue weighted by Crippen LogP contribution is -2.44. The largest absolute Gasteiger partial charge is 0.484 e. The molecule has 1 aromatic carbocycles. The van der Waals surface area contributed by atoms with Gasteiger partial charge in [0.1, 0.15) is 11.4 Å². The zero-order valence-electron chi connectivity index (χ0n) is 15.3. The Labute approximate surface area is 164 Å². The molecule has 0 aliphatic carbocycles. The molecule has 26 heavy (non-hydrogen) atoms. The van der Waals surface area contributed by atoms with Crippen molar-refractivity contribution in [3.05, 3.63) is 28.2 Å². The van der Waals surface area contributed by atoms with Crippen molar-refractivity contribution in [1.29, 1.82) is 0 Å². The molecule has 1 aliphatic rings. The third-order valence-electron chi connectivity index (χ3n) is 3.37. The van der Waals surface area contributed by atoms with Gasteiger partial charge in [-0.15, -0.1) is 0 Å². The number of piperidine rings is 1. The van der Waals surface area contributed by atoms with Crippen LogP contribution in [-0.2, 0) is 14.3 Å². The van der Waals surface area contributed by atoms with E-state index in [1.807, 2.05) is 20.8 Å². The monoisotopic (exact) mass is 404 g/mol. The van der Waals surface area contributed by atoms with E-state index in [2.05, 4.69) is 15.4 Å². The number of carbonyl (C=O) groups excluding carboxylic acids is 2. The minimum absolute atomic E-state index is 0.0120. The SMILES string of the molecule is CC(C)(C)OC=O.O=C(COc1ccc(Cl)c(Cl)c1)NC1CCNCC1. The number of hydrogen-bond donors (Lipinski definition) is 2. The molecule has 0 bridgehead atoms. The average molecular weight is 405 g/mol. The summed E-state index contributed by atoms with van der Waals surface area (Å²) in [6.45, 7) is 7.79. The van der Waals surface area contributed by atoms with Gasteiger partial charge in [0, 0.05) is 12.1 Å². The summed E-state index contributed by atoms with van der Waals surface area (Å²) in [5.41, 5.74) is -0.318. The molecule has 0 aromatic heterocycles. The Hall–Kier alpha value is -1.50. The fourth-order valence-electron chi connectivity index (χ4n) is 2.10. The Morgan fingerprint density at radius 3 is 2.42 bits per heavy atom. The molecule has 0 spiro atoms. The summed E-state index contributed by atoms with van der Waals surface area (Å²) in [5, 5.41) is 7.08. The molecule has 1 amide bonds. The van der Waals surface area contributed by atoms with E-state index < -0.39 is 0 Å². The standard InChI is InChI=1S/C13H16Cl2N2O2.C5H10O2/c14-11-2-1-10(7-12(11)15)19-8-13(18)17-9-3-5-16-6-4-9;1-5(2,3)7-4-6/h1-2,7,9,16H,3-6,8H2,(H,17,18);4H,1-3H3. The van der Waals surface area contributed by atoms with E-state index in [9.17, 15) is 9.59 Å². The summed E-state index contributed by atoms with van der Waals surface area (Å²) in [5.74, 6) is 0.424. The normalized spacial score (nSPS) is 14.7.